The van der Waals surface area contributed by atoms with Gasteiger partial charge in [-0.3, -0.25) is 4.90 Å². The molecule has 0 amide bonds. The summed E-state index contributed by atoms with van der Waals surface area (Å²) in [5, 5.41) is 0. The van der Waals surface area contributed by atoms with Crippen molar-refractivity contribution in [2.45, 2.75) is 6.92 Å². The van der Waals surface area contributed by atoms with Crippen LogP contribution in [0.5, 0.6) is 0 Å². The highest BCUT2D eigenvalue weighted by molar-refractivity contribution is 8.26. The Labute approximate surface area is 89.9 Å². The second-order valence-electron chi connectivity index (χ2n) is 3.32. The quantitative estimate of drug-likeness (QED) is 0.653. The maximum absolute atomic E-state index is 5.80. The smallest absolute Gasteiger partial charge is 0.364 e. The highest BCUT2D eigenvalue weighted by Gasteiger charge is 2.44. The number of nitrogens with zero attached hydrogens (tertiary/aromatic N) is 1. The Morgan fingerprint density at radius 2 is 1.57 bits per heavy atom. The molecule has 0 N–H and O–H groups in total. The van der Waals surface area contributed by atoms with Gasteiger partial charge in [-0.2, -0.15) is 0 Å². The Bertz CT molecular complexity index is 169. The molecule has 0 atom stereocenters. The normalized spacial score (nSPS) is 38.8. The Hall–Kier alpha value is 0.407. The molecule has 2 bridgehead atoms. The van der Waals surface area contributed by atoms with E-state index in [4.69, 9.17) is 13.3 Å². The van der Waals surface area contributed by atoms with Gasteiger partial charge in [0.1, 0.15) is 0 Å². The summed E-state index contributed by atoms with van der Waals surface area (Å²) in [5.41, 5.74) is 0. The van der Waals surface area contributed by atoms with Crippen molar-refractivity contribution in [2.24, 2.45) is 0 Å². The lowest BCUT2D eigenvalue weighted by molar-refractivity contribution is 0.00868. The van der Waals surface area contributed by atoms with Crippen LogP contribution in [0.25, 0.3) is 0 Å². The molecular formula is C8H17NO3SSi. The molecule has 0 radical (unpaired) electrons. The third kappa shape index (κ3) is 2.50. The molecule has 3 saturated heterocycles. The van der Waals surface area contributed by atoms with Gasteiger partial charge in [0, 0.05) is 19.6 Å². The van der Waals surface area contributed by atoms with E-state index in [9.17, 15) is 0 Å². The van der Waals surface area contributed by atoms with Gasteiger partial charge in [-0.15, -0.1) is 0 Å². The highest BCUT2D eigenvalue weighted by atomic mass is 32.4. The molecule has 0 aromatic carbocycles. The summed E-state index contributed by atoms with van der Waals surface area (Å²) < 4.78 is 17.4. The van der Waals surface area contributed by atoms with Crippen LogP contribution in [0.15, 0.2) is 0 Å². The first-order valence-electron chi connectivity index (χ1n) is 5.13. The summed E-state index contributed by atoms with van der Waals surface area (Å²) in [6, 6.07) is 0. The summed E-state index contributed by atoms with van der Waals surface area (Å²) in [7, 11) is -2.34. The topological polar surface area (TPSA) is 30.9 Å². The highest BCUT2D eigenvalue weighted by Crippen LogP contribution is 2.26. The van der Waals surface area contributed by atoms with E-state index < -0.39 is 7.95 Å². The van der Waals surface area contributed by atoms with Crippen LogP contribution in [0.3, 0.4) is 0 Å². The molecule has 0 saturated carbocycles. The van der Waals surface area contributed by atoms with E-state index in [0.717, 1.165) is 45.2 Å². The third-order valence-corrected chi connectivity index (χ3v) is 7.68. The van der Waals surface area contributed by atoms with Gasteiger partial charge in [-0.05, 0) is 5.75 Å². The van der Waals surface area contributed by atoms with E-state index in [0.29, 0.717) is 0 Å². The zero-order valence-corrected chi connectivity index (χ0v) is 10.3. The third-order valence-electron chi connectivity index (χ3n) is 2.38. The monoisotopic (exact) mass is 235 g/mol. The van der Waals surface area contributed by atoms with Gasteiger partial charge in [-0.1, -0.05) is 18.1 Å². The molecule has 0 aromatic heterocycles. The average molecular weight is 235 g/mol. The molecule has 4 nitrogen and oxygen atoms in total. The summed E-state index contributed by atoms with van der Waals surface area (Å²) in [6.07, 6.45) is 0. The number of fused-ring (bicyclic) bond motifs is 6. The largest absolute Gasteiger partial charge is 0.573 e. The van der Waals surface area contributed by atoms with Gasteiger partial charge in [0.05, 0.1) is 19.8 Å². The molecular weight excluding hydrogens is 218 g/mol. The molecule has 3 aliphatic heterocycles. The maximum Gasteiger partial charge on any atom is 0.573 e. The first kappa shape index (κ1) is 10.9. The fourth-order valence-electron chi connectivity index (χ4n) is 1.66. The molecule has 3 fully saturated rings. The van der Waals surface area contributed by atoms with E-state index in [1.807, 2.05) is 0 Å². The summed E-state index contributed by atoms with van der Waals surface area (Å²) in [6.45, 7) is 7.42. The molecule has 3 heterocycles. The van der Waals surface area contributed by atoms with E-state index in [2.05, 4.69) is 11.8 Å². The van der Waals surface area contributed by atoms with Gasteiger partial charge in [0.15, 0.2) is 0 Å². The van der Waals surface area contributed by atoms with E-state index in [1.54, 1.807) is 11.2 Å². The zero-order valence-electron chi connectivity index (χ0n) is 8.53. The lowest BCUT2D eigenvalue weighted by Gasteiger charge is -2.37. The van der Waals surface area contributed by atoms with Crippen LogP contribution in [-0.4, -0.2) is 58.1 Å². The second kappa shape index (κ2) is 4.96. The van der Waals surface area contributed by atoms with Gasteiger partial charge in [0.25, 0.3) is 0 Å². The fraction of sp³-hybridized carbons (Fsp3) is 1.00. The second-order valence-corrected chi connectivity index (χ2v) is 8.42. The number of hydrogen-bond acceptors (Lipinski definition) is 5. The minimum absolute atomic E-state index is 0.749. The van der Waals surface area contributed by atoms with Gasteiger partial charge >= 0.3 is 7.95 Å². The number of rotatable bonds is 2. The zero-order chi connectivity index (χ0) is 9.86. The van der Waals surface area contributed by atoms with Crippen molar-refractivity contribution in [2.75, 3.05) is 45.2 Å². The van der Waals surface area contributed by atoms with Crippen molar-refractivity contribution in [3.63, 3.8) is 0 Å². The van der Waals surface area contributed by atoms with Gasteiger partial charge in [-0.25, -0.2) is 0 Å². The van der Waals surface area contributed by atoms with Crippen LogP contribution in [0.4, 0.5) is 0 Å². The Balaban J connectivity index is 2.04. The first-order chi connectivity index (χ1) is 6.85. The predicted molar refractivity (Wildman–Crippen MR) is 58.2 cm³/mol. The van der Waals surface area contributed by atoms with E-state index >= 15 is 0 Å². The van der Waals surface area contributed by atoms with Crippen LogP contribution in [0.2, 0.25) is 0 Å². The lowest BCUT2D eigenvalue weighted by Crippen LogP contribution is -2.53. The number of hydrogen-bond donors (Lipinski definition) is 0. The van der Waals surface area contributed by atoms with E-state index in [1.165, 1.54) is 0 Å². The Kier molecular flexibility index (Phi) is 3.86. The molecule has 3 rings (SSSR count). The minimum Gasteiger partial charge on any atom is -0.364 e. The molecule has 3 aliphatic rings. The van der Waals surface area contributed by atoms with Gasteiger partial charge < -0.3 is 13.3 Å². The molecule has 0 spiro atoms. The molecule has 0 aliphatic carbocycles. The van der Waals surface area contributed by atoms with Crippen LogP contribution in [-0.2, 0) is 13.3 Å². The fourth-order valence-corrected chi connectivity index (χ4v) is 6.10. The van der Waals surface area contributed by atoms with Crippen LogP contribution in [0.1, 0.15) is 6.92 Å². The maximum atomic E-state index is 5.80. The summed E-state index contributed by atoms with van der Waals surface area (Å²) in [4.78, 5) is 2.33. The van der Waals surface area contributed by atoms with Crippen molar-refractivity contribution in [3.8, 4) is 0 Å². The SMILES string of the molecule is CCS[Si]12OCCN(CCO1)CCO2. The van der Waals surface area contributed by atoms with Crippen LogP contribution < -0.4 is 0 Å². The van der Waals surface area contributed by atoms with E-state index in [-0.39, 0.29) is 0 Å². The predicted octanol–water partition coefficient (Wildman–Crippen LogP) is 0.554. The first-order valence-corrected chi connectivity index (χ1v) is 8.56. The molecule has 6 heteroatoms. The Morgan fingerprint density at radius 1 is 1.07 bits per heavy atom. The average Bonchev–Trinajstić information content (AvgIpc) is 2.06. The summed E-state index contributed by atoms with van der Waals surface area (Å²) >= 11 is 1.73. The molecule has 14 heavy (non-hydrogen) atoms. The van der Waals surface area contributed by atoms with Crippen molar-refractivity contribution in [3.05, 3.63) is 0 Å². The Morgan fingerprint density at radius 3 is 2.00 bits per heavy atom. The van der Waals surface area contributed by atoms with Crippen molar-refractivity contribution >= 4 is 19.2 Å². The van der Waals surface area contributed by atoms with Gasteiger partial charge in [0.2, 0.25) is 0 Å². The van der Waals surface area contributed by atoms with Crippen LogP contribution >= 0.6 is 11.2 Å². The van der Waals surface area contributed by atoms with Crippen molar-refractivity contribution in [1.29, 1.82) is 0 Å². The van der Waals surface area contributed by atoms with Crippen molar-refractivity contribution in [1.82, 2.24) is 4.90 Å². The van der Waals surface area contributed by atoms with Crippen molar-refractivity contribution < 1.29 is 13.3 Å². The molecule has 0 aromatic rings. The lowest BCUT2D eigenvalue weighted by atomic mass is 10.4. The summed E-state index contributed by atoms with van der Waals surface area (Å²) in [5.74, 6) is 0.996. The standard InChI is InChI=1S/C8H17NO3SSi/c1-2-13-14-10-6-3-9(4-7-11-14)5-8-12-14/h2-8H2,1H3. The molecule has 82 valence electrons. The van der Waals surface area contributed by atoms with Crippen LogP contribution in [0, 0.1) is 0 Å². The molecule has 0 unspecified atom stereocenters. The minimum atomic E-state index is -2.34.